The number of ether oxygens (including phenoxy) is 2. The zero-order chi connectivity index (χ0) is 20.3. The highest BCUT2D eigenvalue weighted by molar-refractivity contribution is 7.91. The molecule has 6 heteroatoms. The number of sulfone groups is 1. The van der Waals surface area contributed by atoms with Crippen molar-refractivity contribution in [2.24, 2.45) is 5.92 Å². The summed E-state index contributed by atoms with van der Waals surface area (Å²) in [6.45, 7) is 0. The minimum Gasteiger partial charge on any atom is -0.457 e. The van der Waals surface area contributed by atoms with Gasteiger partial charge in [-0.25, -0.2) is 13.2 Å². The van der Waals surface area contributed by atoms with Gasteiger partial charge in [0.2, 0.25) is 0 Å². The van der Waals surface area contributed by atoms with Crippen LogP contribution >= 0.6 is 0 Å². The van der Waals surface area contributed by atoms with Crippen LogP contribution in [0.4, 0.5) is 0 Å². The first-order valence-corrected chi connectivity index (χ1v) is 11.0. The monoisotopic (exact) mass is 408 g/mol. The number of rotatable bonds is 7. The van der Waals surface area contributed by atoms with E-state index < -0.39 is 15.8 Å². The van der Waals surface area contributed by atoms with Gasteiger partial charge >= 0.3 is 5.97 Å². The third kappa shape index (κ3) is 5.03. The lowest BCUT2D eigenvalue weighted by Crippen LogP contribution is -2.08. The van der Waals surface area contributed by atoms with Crippen LogP contribution in [-0.2, 0) is 9.84 Å². The van der Waals surface area contributed by atoms with Crippen LogP contribution in [-0.4, -0.2) is 20.1 Å². The molecule has 3 aromatic rings. The van der Waals surface area contributed by atoms with Gasteiger partial charge < -0.3 is 9.47 Å². The van der Waals surface area contributed by atoms with Crippen molar-refractivity contribution in [1.82, 2.24) is 0 Å². The Balaban J connectivity index is 1.38. The summed E-state index contributed by atoms with van der Waals surface area (Å²) in [4.78, 5) is 12.4. The van der Waals surface area contributed by atoms with Crippen LogP contribution < -0.4 is 9.47 Å². The summed E-state index contributed by atoms with van der Waals surface area (Å²) in [6, 6.07) is 21.8. The molecule has 1 aliphatic rings. The zero-order valence-electron chi connectivity index (χ0n) is 15.7. The van der Waals surface area contributed by atoms with Gasteiger partial charge in [0.15, 0.2) is 9.84 Å². The van der Waals surface area contributed by atoms with Gasteiger partial charge in [0, 0.05) is 0 Å². The number of carbonyl (C=O) groups excluding carboxylic acids is 1. The molecule has 0 unspecified atom stereocenters. The van der Waals surface area contributed by atoms with Crippen LogP contribution in [0.2, 0.25) is 0 Å². The Morgan fingerprint density at radius 3 is 1.93 bits per heavy atom. The molecule has 4 rings (SSSR count). The van der Waals surface area contributed by atoms with E-state index in [0.717, 1.165) is 12.8 Å². The van der Waals surface area contributed by atoms with E-state index in [1.54, 1.807) is 72.8 Å². The standard InChI is InChI=1S/C23H20O5S/c24-23(18-4-2-1-3-5-18)28-21-10-8-19(9-11-21)27-20-12-14-22(15-13-20)29(25,26)16-17-6-7-17/h1-5,8-15,17H,6-7,16H2. The first-order chi connectivity index (χ1) is 14.0. The van der Waals surface area contributed by atoms with E-state index in [-0.39, 0.29) is 5.75 Å². The highest BCUT2D eigenvalue weighted by atomic mass is 32.2. The molecule has 1 fully saturated rings. The first kappa shape index (κ1) is 19.2. The summed E-state index contributed by atoms with van der Waals surface area (Å²) < 4.78 is 35.7. The van der Waals surface area contributed by atoms with Crippen LogP contribution in [0.3, 0.4) is 0 Å². The molecule has 1 aliphatic carbocycles. The number of benzene rings is 3. The predicted octanol–water partition coefficient (Wildman–Crippen LogP) is 4.88. The molecular formula is C23H20O5S. The number of esters is 1. The van der Waals surface area contributed by atoms with Crippen LogP contribution in [0.1, 0.15) is 23.2 Å². The molecule has 0 aromatic heterocycles. The second-order valence-electron chi connectivity index (χ2n) is 7.03. The Hall–Kier alpha value is -3.12. The summed E-state index contributed by atoms with van der Waals surface area (Å²) in [6.07, 6.45) is 1.99. The minimum atomic E-state index is -3.23. The molecule has 0 bridgehead atoms. The van der Waals surface area contributed by atoms with Crippen molar-refractivity contribution in [2.75, 3.05) is 5.75 Å². The summed E-state index contributed by atoms with van der Waals surface area (Å²) in [7, 11) is -3.23. The second kappa shape index (κ2) is 8.09. The predicted molar refractivity (Wildman–Crippen MR) is 109 cm³/mol. The lowest BCUT2D eigenvalue weighted by Gasteiger charge is -2.09. The molecule has 0 atom stereocenters. The largest absolute Gasteiger partial charge is 0.457 e. The molecule has 1 saturated carbocycles. The fourth-order valence-electron chi connectivity index (χ4n) is 2.86. The maximum Gasteiger partial charge on any atom is 0.343 e. The molecule has 0 aliphatic heterocycles. The van der Waals surface area contributed by atoms with E-state index in [0.29, 0.717) is 33.6 Å². The third-order valence-corrected chi connectivity index (χ3v) is 6.52. The van der Waals surface area contributed by atoms with Crippen LogP contribution in [0.25, 0.3) is 0 Å². The molecule has 0 N–H and O–H groups in total. The molecule has 0 heterocycles. The Morgan fingerprint density at radius 1 is 0.793 bits per heavy atom. The molecule has 5 nitrogen and oxygen atoms in total. The Bertz CT molecular complexity index is 1080. The van der Waals surface area contributed by atoms with E-state index in [2.05, 4.69) is 0 Å². The number of carbonyl (C=O) groups is 1. The van der Waals surface area contributed by atoms with Crippen molar-refractivity contribution in [3.05, 3.63) is 84.4 Å². The van der Waals surface area contributed by atoms with Crippen molar-refractivity contribution in [3.63, 3.8) is 0 Å². The minimum absolute atomic E-state index is 0.219. The first-order valence-electron chi connectivity index (χ1n) is 9.37. The smallest absolute Gasteiger partial charge is 0.343 e. The number of hydrogen-bond acceptors (Lipinski definition) is 5. The normalized spacial score (nSPS) is 13.7. The summed E-state index contributed by atoms with van der Waals surface area (Å²) in [5, 5.41) is 0. The lowest BCUT2D eigenvalue weighted by atomic mass is 10.2. The quantitative estimate of drug-likeness (QED) is 0.412. The van der Waals surface area contributed by atoms with Gasteiger partial charge in [-0.2, -0.15) is 0 Å². The molecule has 3 aromatic carbocycles. The Morgan fingerprint density at radius 2 is 1.34 bits per heavy atom. The summed E-state index contributed by atoms with van der Waals surface area (Å²) in [5.41, 5.74) is 0.476. The van der Waals surface area contributed by atoms with Gasteiger partial charge in [-0.05, 0) is 79.4 Å². The van der Waals surface area contributed by atoms with Crippen molar-refractivity contribution in [1.29, 1.82) is 0 Å². The second-order valence-corrected chi connectivity index (χ2v) is 9.06. The SMILES string of the molecule is O=C(Oc1ccc(Oc2ccc(S(=O)(=O)CC3CC3)cc2)cc1)c1ccccc1. The van der Waals surface area contributed by atoms with Crippen LogP contribution in [0, 0.1) is 5.92 Å². The molecule has 148 valence electrons. The molecular weight excluding hydrogens is 388 g/mol. The van der Waals surface area contributed by atoms with E-state index in [4.69, 9.17) is 9.47 Å². The maximum absolute atomic E-state index is 12.3. The summed E-state index contributed by atoms with van der Waals surface area (Å²) >= 11 is 0. The zero-order valence-corrected chi connectivity index (χ0v) is 16.5. The van der Waals surface area contributed by atoms with E-state index in [1.807, 2.05) is 6.07 Å². The van der Waals surface area contributed by atoms with Gasteiger partial charge in [-0.3, -0.25) is 0 Å². The van der Waals surface area contributed by atoms with E-state index in [9.17, 15) is 13.2 Å². The van der Waals surface area contributed by atoms with Gasteiger partial charge in [-0.1, -0.05) is 18.2 Å². The molecule has 0 amide bonds. The van der Waals surface area contributed by atoms with Crippen LogP contribution in [0.5, 0.6) is 17.2 Å². The van der Waals surface area contributed by atoms with Crippen molar-refractivity contribution >= 4 is 15.8 Å². The molecule has 0 saturated heterocycles. The summed E-state index contributed by atoms with van der Waals surface area (Å²) in [5.74, 6) is 1.60. The Labute approximate surface area is 169 Å². The van der Waals surface area contributed by atoms with E-state index >= 15 is 0 Å². The average Bonchev–Trinajstić information content (AvgIpc) is 3.54. The molecule has 0 spiro atoms. The highest BCUT2D eigenvalue weighted by Crippen LogP contribution is 2.33. The third-order valence-electron chi connectivity index (χ3n) is 4.61. The van der Waals surface area contributed by atoms with Gasteiger partial charge in [-0.15, -0.1) is 0 Å². The molecule has 0 radical (unpaired) electrons. The van der Waals surface area contributed by atoms with Gasteiger partial charge in [0.25, 0.3) is 0 Å². The fourth-order valence-corrected chi connectivity index (χ4v) is 4.56. The van der Waals surface area contributed by atoms with Crippen molar-refractivity contribution in [3.8, 4) is 17.2 Å². The molecule has 29 heavy (non-hydrogen) atoms. The van der Waals surface area contributed by atoms with Crippen LogP contribution in [0.15, 0.2) is 83.8 Å². The van der Waals surface area contributed by atoms with Crippen molar-refractivity contribution < 1.29 is 22.7 Å². The van der Waals surface area contributed by atoms with Crippen molar-refractivity contribution in [2.45, 2.75) is 17.7 Å². The maximum atomic E-state index is 12.3. The highest BCUT2D eigenvalue weighted by Gasteiger charge is 2.28. The lowest BCUT2D eigenvalue weighted by molar-refractivity contribution is 0.0734. The van der Waals surface area contributed by atoms with Gasteiger partial charge in [0.05, 0.1) is 16.2 Å². The van der Waals surface area contributed by atoms with E-state index in [1.165, 1.54) is 0 Å². The average molecular weight is 408 g/mol. The number of hydrogen-bond donors (Lipinski definition) is 0. The Kier molecular flexibility index (Phi) is 5.36. The van der Waals surface area contributed by atoms with Gasteiger partial charge in [0.1, 0.15) is 17.2 Å². The topological polar surface area (TPSA) is 69.7 Å². The fraction of sp³-hybridized carbons (Fsp3) is 0.174.